The van der Waals surface area contributed by atoms with Gasteiger partial charge in [-0.15, -0.1) is 0 Å². The van der Waals surface area contributed by atoms with E-state index < -0.39 is 18.0 Å². The van der Waals surface area contributed by atoms with Gasteiger partial charge in [-0.1, -0.05) is 11.6 Å². The molecular weight excluding hydrogens is 373 g/mol. The maximum Gasteiger partial charge on any atom is 0.261 e. The molecule has 2 atom stereocenters. The summed E-state index contributed by atoms with van der Waals surface area (Å²) < 4.78 is 21.4. The van der Waals surface area contributed by atoms with Gasteiger partial charge in [-0.25, -0.2) is 4.39 Å². The second-order valence-corrected chi connectivity index (χ2v) is 8.56. The van der Waals surface area contributed by atoms with E-state index in [1.807, 2.05) is 24.0 Å². The molecule has 6 rings (SSSR count). The van der Waals surface area contributed by atoms with Gasteiger partial charge in [0.15, 0.2) is 6.10 Å². The summed E-state index contributed by atoms with van der Waals surface area (Å²) in [5, 5.41) is 17.7. The van der Waals surface area contributed by atoms with E-state index in [2.05, 4.69) is 10.4 Å². The molecule has 3 fully saturated rings. The first-order valence-electron chi connectivity index (χ1n) is 8.97. The van der Waals surface area contributed by atoms with Crippen molar-refractivity contribution in [3.05, 3.63) is 46.5 Å². The Bertz CT molecular complexity index is 940. The lowest BCUT2D eigenvalue weighted by molar-refractivity contribution is -0.165. The van der Waals surface area contributed by atoms with Gasteiger partial charge in [-0.2, -0.15) is 5.10 Å². The van der Waals surface area contributed by atoms with Crippen LogP contribution in [0.1, 0.15) is 42.9 Å². The molecule has 8 heteroatoms. The summed E-state index contributed by atoms with van der Waals surface area (Å²) in [7, 11) is 0. The van der Waals surface area contributed by atoms with Crippen molar-refractivity contribution < 1.29 is 19.0 Å². The van der Waals surface area contributed by atoms with Crippen molar-refractivity contribution in [1.82, 2.24) is 15.1 Å². The molecule has 6 nitrogen and oxygen atoms in total. The fraction of sp³-hybridized carbons (Fsp3) is 0.474. The van der Waals surface area contributed by atoms with Crippen molar-refractivity contribution in [2.45, 2.75) is 55.9 Å². The Morgan fingerprint density at radius 1 is 1.44 bits per heavy atom. The topological polar surface area (TPSA) is 76.4 Å². The normalized spacial score (nSPS) is 33.3. The second-order valence-electron chi connectivity index (χ2n) is 8.15. The van der Waals surface area contributed by atoms with Crippen molar-refractivity contribution >= 4 is 17.5 Å². The Kier molecular flexibility index (Phi) is 3.44. The number of fused-ring (bicyclic) bond motifs is 1. The molecule has 3 saturated carbocycles. The predicted octanol–water partition coefficient (Wildman–Crippen LogP) is 2.62. The molecule has 27 heavy (non-hydrogen) atoms. The van der Waals surface area contributed by atoms with Crippen molar-refractivity contribution in [3.8, 4) is 5.75 Å². The van der Waals surface area contributed by atoms with Crippen LogP contribution in [0.5, 0.6) is 5.75 Å². The minimum absolute atomic E-state index is 0.0148. The number of aliphatic hydroxyl groups is 1. The highest BCUT2D eigenvalue weighted by atomic mass is 35.5. The van der Waals surface area contributed by atoms with Crippen LogP contribution in [0.25, 0.3) is 0 Å². The third-order valence-electron chi connectivity index (χ3n) is 6.00. The van der Waals surface area contributed by atoms with E-state index in [9.17, 15) is 14.3 Å². The summed E-state index contributed by atoms with van der Waals surface area (Å²) in [6.07, 6.45) is 4.71. The van der Waals surface area contributed by atoms with Gasteiger partial charge in [-0.3, -0.25) is 9.48 Å². The minimum Gasteiger partial charge on any atom is -0.480 e. The Balaban J connectivity index is 1.26. The van der Waals surface area contributed by atoms with E-state index >= 15 is 0 Å². The number of aliphatic hydroxyl groups excluding tert-OH is 1. The maximum atomic E-state index is 13.7. The second kappa shape index (κ2) is 5.45. The van der Waals surface area contributed by atoms with Crippen molar-refractivity contribution in [3.63, 3.8) is 0 Å². The van der Waals surface area contributed by atoms with Crippen LogP contribution in [0.4, 0.5) is 4.39 Å². The van der Waals surface area contributed by atoms with E-state index in [1.54, 1.807) is 0 Å². The van der Waals surface area contributed by atoms with Gasteiger partial charge in [0.1, 0.15) is 11.6 Å². The number of aromatic nitrogens is 2. The molecule has 1 amide bonds. The fourth-order valence-corrected chi connectivity index (χ4v) is 4.89. The third kappa shape index (κ3) is 2.48. The highest BCUT2D eigenvalue weighted by Crippen LogP contribution is 2.65. The number of hydrogen-bond acceptors (Lipinski definition) is 4. The Morgan fingerprint density at radius 3 is 2.85 bits per heavy atom. The molecule has 2 heterocycles. The third-order valence-corrected chi connectivity index (χ3v) is 6.29. The van der Waals surface area contributed by atoms with Gasteiger partial charge in [0.25, 0.3) is 5.91 Å². The lowest BCUT2D eigenvalue weighted by atomic mass is 9.44. The van der Waals surface area contributed by atoms with Gasteiger partial charge in [0.2, 0.25) is 0 Å². The zero-order valence-electron chi connectivity index (χ0n) is 14.7. The molecule has 2 bridgehead atoms. The predicted molar refractivity (Wildman–Crippen MR) is 95.1 cm³/mol. The smallest absolute Gasteiger partial charge is 0.261 e. The Hall–Kier alpha value is -2.12. The lowest BCUT2D eigenvalue weighted by Crippen LogP contribution is -2.79. The Labute approximate surface area is 160 Å². The van der Waals surface area contributed by atoms with E-state index in [1.165, 1.54) is 6.07 Å². The summed E-state index contributed by atoms with van der Waals surface area (Å²) in [4.78, 5) is 12.7. The van der Waals surface area contributed by atoms with Crippen LogP contribution in [0.15, 0.2) is 24.5 Å². The molecule has 4 aliphatic rings. The first-order chi connectivity index (χ1) is 12.8. The molecule has 1 aromatic heterocycles. The number of halogens is 2. The largest absolute Gasteiger partial charge is 0.480 e. The van der Waals surface area contributed by atoms with Crippen LogP contribution in [0.3, 0.4) is 0 Å². The van der Waals surface area contributed by atoms with Gasteiger partial charge in [-0.05, 0) is 37.8 Å². The van der Waals surface area contributed by atoms with Gasteiger partial charge in [0, 0.05) is 29.8 Å². The molecule has 0 spiro atoms. The molecular formula is C19H19ClFN3O3. The molecule has 3 aliphatic carbocycles. The van der Waals surface area contributed by atoms with Crippen LogP contribution >= 0.6 is 11.6 Å². The highest BCUT2D eigenvalue weighted by Gasteiger charge is 2.70. The lowest BCUT2D eigenvalue weighted by Gasteiger charge is -2.70. The molecule has 2 aromatic rings. The molecule has 0 radical (unpaired) electrons. The summed E-state index contributed by atoms with van der Waals surface area (Å²) in [5.74, 6) is -0.753. The SMILES string of the molecule is Cc1cnn(C23CC(NC(=O)[C@H]4C[C@@H](O)c5cc(Cl)c(F)cc5O4)(C2)C3)c1. The maximum absolute atomic E-state index is 13.7. The number of nitrogens with one attached hydrogen (secondary N) is 1. The first-order valence-corrected chi connectivity index (χ1v) is 9.35. The van der Waals surface area contributed by atoms with Crippen LogP contribution in [-0.2, 0) is 10.3 Å². The molecule has 142 valence electrons. The number of hydrogen-bond donors (Lipinski definition) is 2. The number of amides is 1. The van der Waals surface area contributed by atoms with E-state index in [-0.39, 0.29) is 34.2 Å². The zero-order chi connectivity index (χ0) is 19.0. The average molecular weight is 392 g/mol. The van der Waals surface area contributed by atoms with Gasteiger partial charge < -0.3 is 15.2 Å². The quantitative estimate of drug-likeness (QED) is 0.843. The first kappa shape index (κ1) is 17.0. The zero-order valence-corrected chi connectivity index (χ0v) is 15.5. The Morgan fingerprint density at radius 2 is 2.19 bits per heavy atom. The molecule has 0 unspecified atom stereocenters. The van der Waals surface area contributed by atoms with Crippen LogP contribution in [0.2, 0.25) is 5.02 Å². The number of nitrogens with zero attached hydrogens (tertiary/aromatic N) is 2. The number of carbonyl (C=O) groups excluding carboxylic acids is 1. The van der Waals surface area contributed by atoms with Crippen LogP contribution in [0, 0.1) is 12.7 Å². The molecule has 2 N–H and O–H groups in total. The van der Waals surface area contributed by atoms with E-state index in [0.717, 1.165) is 30.9 Å². The van der Waals surface area contributed by atoms with Gasteiger partial charge >= 0.3 is 0 Å². The molecule has 0 saturated heterocycles. The number of benzene rings is 1. The number of carbonyl (C=O) groups is 1. The van der Waals surface area contributed by atoms with Crippen LogP contribution in [-0.4, -0.2) is 32.4 Å². The summed E-state index contributed by atoms with van der Waals surface area (Å²) in [6.45, 7) is 2.01. The molecule has 1 aliphatic heterocycles. The number of rotatable bonds is 3. The molecule has 1 aromatic carbocycles. The summed E-state index contributed by atoms with van der Waals surface area (Å²) in [5.41, 5.74) is 1.31. The van der Waals surface area contributed by atoms with E-state index in [0.29, 0.717) is 5.56 Å². The van der Waals surface area contributed by atoms with Crippen molar-refractivity contribution in [2.75, 3.05) is 0 Å². The number of ether oxygens (including phenoxy) is 1. The number of aryl methyl sites for hydroxylation is 1. The average Bonchev–Trinajstić information content (AvgIpc) is 2.97. The highest BCUT2D eigenvalue weighted by molar-refractivity contribution is 6.30. The standard InChI is InChI=1S/C19H19ClFN3O3/c1-10-5-22-24(6-10)19-7-18(8-19,9-19)23-17(26)16-4-14(25)11-2-12(20)13(21)3-15(11)27-16/h2-3,5-6,14,16,25H,4,7-9H2,1H3,(H,23,26)/t14-,16-,18?,19?/m1/s1. The minimum atomic E-state index is -0.922. The summed E-state index contributed by atoms with van der Waals surface area (Å²) >= 11 is 5.77. The monoisotopic (exact) mass is 391 g/mol. The van der Waals surface area contributed by atoms with Crippen molar-refractivity contribution in [2.24, 2.45) is 0 Å². The summed E-state index contributed by atoms with van der Waals surface area (Å²) in [6, 6.07) is 2.47. The van der Waals surface area contributed by atoms with Gasteiger partial charge in [0.05, 0.1) is 22.9 Å². The van der Waals surface area contributed by atoms with E-state index in [4.69, 9.17) is 16.3 Å². The van der Waals surface area contributed by atoms with Crippen molar-refractivity contribution in [1.29, 1.82) is 0 Å². The fourth-order valence-electron chi connectivity index (χ4n) is 4.72. The van der Waals surface area contributed by atoms with Crippen LogP contribution < -0.4 is 10.1 Å².